The van der Waals surface area contributed by atoms with Crippen LogP contribution in [0.25, 0.3) is 11.2 Å². The van der Waals surface area contributed by atoms with Gasteiger partial charge in [-0.25, -0.2) is 18.4 Å². The van der Waals surface area contributed by atoms with Gasteiger partial charge in [-0.05, 0) is 25.0 Å². The van der Waals surface area contributed by atoms with Gasteiger partial charge in [-0.1, -0.05) is 32.1 Å². The molecule has 0 saturated carbocycles. The van der Waals surface area contributed by atoms with Crippen molar-refractivity contribution in [1.29, 1.82) is 0 Å². The molecule has 3 aromatic rings. The van der Waals surface area contributed by atoms with Gasteiger partial charge in [0.05, 0.1) is 6.04 Å². The van der Waals surface area contributed by atoms with E-state index in [1.54, 1.807) is 4.68 Å². The van der Waals surface area contributed by atoms with Crippen molar-refractivity contribution in [3.8, 4) is 0 Å². The minimum absolute atomic E-state index is 0.133. The van der Waals surface area contributed by atoms with E-state index in [0.29, 0.717) is 37.4 Å². The molecule has 0 bridgehead atoms. The third-order valence-corrected chi connectivity index (χ3v) is 5.32. The second-order valence-electron chi connectivity index (χ2n) is 8.49. The first-order valence-corrected chi connectivity index (χ1v) is 9.76. The molecule has 30 heavy (non-hydrogen) atoms. The van der Waals surface area contributed by atoms with Crippen LogP contribution in [0, 0.1) is 11.6 Å². The highest BCUT2D eigenvalue weighted by atomic mass is 19.1. The van der Waals surface area contributed by atoms with E-state index in [0.717, 1.165) is 12.1 Å². The van der Waals surface area contributed by atoms with E-state index in [-0.39, 0.29) is 22.5 Å². The van der Waals surface area contributed by atoms with Gasteiger partial charge in [-0.2, -0.15) is 0 Å². The van der Waals surface area contributed by atoms with Gasteiger partial charge in [0.25, 0.3) is 11.5 Å². The third-order valence-electron chi connectivity index (χ3n) is 5.32. The first-order valence-electron chi connectivity index (χ1n) is 9.76. The zero-order chi connectivity index (χ0) is 21.6. The van der Waals surface area contributed by atoms with Crippen LogP contribution in [0.3, 0.4) is 0 Å². The fourth-order valence-corrected chi connectivity index (χ4v) is 3.62. The number of likely N-dealkylation sites (tertiary alicyclic amines) is 1. The van der Waals surface area contributed by atoms with Crippen molar-refractivity contribution in [2.75, 3.05) is 13.1 Å². The van der Waals surface area contributed by atoms with Gasteiger partial charge < -0.3 is 9.88 Å². The predicted molar refractivity (Wildman–Crippen MR) is 105 cm³/mol. The Morgan fingerprint density at radius 3 is 2.40 bits per heavy atom. The summed E-state index contributed by atoms with van der Waals surface area (Å²) in [6.45, 7) is 6.42. The lowest BCUT2D eigenvalue weighted by Gasteiger charge is -2.32. The van der Waals surface area contributed by atoms with Crippen LogP contribution < -0.4 is 5.56 Å². The zero-order valence-electron chi connectivity index (χ0n) is 16.9. The second-order valence-corrected chi connectivity index (χ2v) is 8.49. The number of aromatic nitrogens is 5. The largest absolute Gasteiger partial charge is 0.338 e. The molecule has 1 amide bonds. The molecule has 4 rings (SSSR count). The molecular formula is C20H22F2N6O2. The van der Waals surface area contributed by atoms with Crippen LogP contribution >= 0.6 is 0 Å². The van der Waals surface area contributed by atoms with Gasteiger partial charge in [-0.3, -0.25) is 9.59 Å². The maximum atomic E-state index is 14.0. The number of hydrogen-bond donors (Lipinski definition) is 1. The Kier molecular flexibility index (Phi) is 4.87. The molecular weight excluding hydrogens is 394 g/mol. The predicted octanol–water partition coefficient (Wildman–Crippen LogP) is 2.57. The number of hydrogen-bond acceptors (Lipinski definition) is 5. The van der Waals surface area contributed by atoms with Gasteiger partial charge in [-0.15, -0.1) is 5.10 Å². The lowest BCUT2D eigenvalue weighted by atomic mass is 9.96. The normalized spacial score (nSPS) is 15.7. The summed E-state index contributed by atoms with van der Waals surface area (Å²) >= 11 is 0. The number of aromatic amines is 1. The second kappa shape index (κ2) is 7.26. The summed E-state index contributed by atoms with van der Waals surface area (Å²) in [6.07, 6.45) is 0.999. The van der Waals surface area contributed by atoms with Crippen LogP contribution in [0.2, 0.25) is 0 Å². The van der Waals surface area contributed by atoms with E-state index in [1.807, 2.05) is 20.8 Å². The van der Waals surface area contributed by atoms with Crippen molar-refractivity contribution >= 4 is 17.1 Å². The number of carbonyl (C=O) groups excluding carboxylic acids is 1. The molecule has 0 atom stereocenters. The van der Waals surface area contributed by atoms with Crippen molar-refractivity contribution in [2.45, 2.75) is 45.1 Å². The van der Waals surface area contributed by atoms with Crippen LogP contribution in [-0.4, -0.2) is 48.9 Å². The van der Waals surface area contributed by atoms with E-state index < -0.39 is 23.1 Å². The number of carbonyl (C=O) groups is 1. The Morgan fingerprint density at radius 1 is 1.17 bits per heavy atom. The number of rotatable bonds is 2. The smallest absolute Gasteiger partial charge is 0.281 e. The summed E-state index contributed by atoms with van der Waals surface area (Å²) in [4.78, 5) is 33.7. The van der Waals surface area contributed by atoms with Crippen molar-refractivity contribution in [2.24, 2.45) is 0 Å². The number of fused-ring (bicyclic) bond motifs is 1. The van der Waals surface area contributed by atoms with Crippen LogP contribution in [0.5, 0.6) is 0 Å². The molecule has 1 aliphatic heterocycles. The number of H-pyrrole nitrogens is 1. The number of benzene rings is 1. The minimum atomic E-state index is -0.873. The Labute approximate surface area is 170 Å². The summed E-state index contributed by atoms with van der Waals surface area (Å²) in [7, 11) is 0. The summed E-state index contributed by atoms with van der Waals surface area (Å²) in [6, 6.07) is 3.23. The molecule has 1 fully saturated rings. The monoisotopic (exact) mass is 416 g/mol. The summed E-state index contributed by atoms with van der Waals surface area (Å²) in [5.41, 5.74) is -0.685. The molecule has 1 saturated heterocycles. The molecule has 1 aromatic carbocycles. The first-order chi connectivity index (χ1) is 14.2. The maximum Gasteiger partial charge on any atom is 0.281 e. The van der Waals surface area contributed by atoms with Crippen molar-refractivity contribution in [3.05, 3.63) is 51.6 Å². The zero-order valence-corrected chi connectivity index (χ0v) is 16.9. The highest BCUT2D eigenvalue weighted by Gasteiger charge is 2.30. The molecule has 8 nitrogen and oxygen atoms in total. The minimum Gasteiger partial charge on any atom is -0.338 e. The quantitative estimate of drug-likeness (QED) is 0.693. The maximum absolute atomic E-state index is 14.0. The number of amides is 1. The Hall–Kier alpha value is -3.17. The molecule has 3 heterocycles. The molecule has 10 heteroatoms. The van der Waals surface area contributed by atoms with Crippen molar-refractivity contribution < 1.29 is 13.6 Å². The molecule has 0 radical (unpaired) electrons. The highest BCUT2D eigenvalue weighted by Crippen LogP contribution is 2.27. The summed E-state index contributed by atoms with van der Waals surface area (Å²) in [5, 5.41) is 8.09. The van der Waals surface area contributed by atoms with Gasteiger partial charge in [0.2, 0.25) is 0 Å². The molecule has 0 unspecified atom stereocenters. The summed E-state index contributed by atoms with van der Waals surface area (Å²) < 4.78 is 29.5. The number of halogens is 2. The van der Waals surface area contributed by atoms with Gasteiger partial charge >= 0.3 is 0 Å². The van der Waals surface area contributed by atoms with Crippen LogP contribution in [0.1, 0.15) is 55.8 Å². The van der Waals surface area contributed by atoms with E-state index in [4.69, 9.17) is 0 Å². The van der Waals surface area contributed by atoms with Crippen LogP contribution in [0.15, 0.2) is 23.0 Å². The van der Waals surface area contributed by atoms with E-state index in [1.165, 1.54) is 11.0 Å². The molecule has 0 spiro atoms. The summed E-state index contributed by atoms with van der Waals surface area (Å²) in [5.74, 6) is -1.88. The van der Waals surface area contributed by atoms with Crippen LogP contribution in [-0.2, 0) is 5.41 Å². The van der Waals surface area contributed by atoms with Gasteiger partial charge in [0.1, 0.15) is 23.0 Å². The number of nitrogens with zero attached hydrogens (tertiary/aromatic N) is 5. The van der Waals surface area contributed by atoms with E-state index >= 15 is 0 Å². The van der Waals surface area contributed by atoms with Gasteiger partial charge in [0.15, 0.2) is 11.2 Å². The van der Waals surface area contributed by atoms with E-state index in [9.17, 15) is 18.4 Å². The molecule has 2 aromatic heterocycles. The highest BCUT2D eigenvalue weighted by molar-refractivity contribution is 5.94. The Morgan fingerprint density at radius 2 is 1.80 bits per heavy atom. The van der Waals surface area contributed by atoms with E-state index in [2.05, 4.69) is 20.3 Å². The molecule has 1 aliphatic rings. The van der Waals surface area contributed by atoms with Crippen molar-refractivity contribution in [3.63, 3.8) is 0 Å². The standard InChI is InChI=1S/C20H22F2N6O2/c1-20(2,3)19-23-16-15(17(29)24-19)25-26-28(16)11-7-9-27(10-8-11)18(30)14-12(21)5-4-6-13(14)22/h4-6,11H,7-10H2,1-3H3,(H,23,24,29). The Balaban J connectivity index is 1.57. The SMILES string of the molecule is CC(C)(C)c1nc2c(nnn2C2CCN(C(=O)c3c(F)cccc3F)CC2)c(=O)[nH]1. The first kappa shape index (κ1) is 20.1. The fraction of sp³-hybridized carbons (Fsp3) is 0.450. The fourth-order valence-electron chi connectivity index (χ4n) is 3.62. The molecule has 158 valence electrons. The Bertz CT molecular complexity index is 1150. The average Bonchev–Trinajstić information content (AvgIpc) is 3.12. The molecule has 1 N–H and O–H groups in total. The van der Waals surface area contributed by atoms with Crippen molar-refractivity contribution in [1.82, 2.24) is 29.9 Å². The third kappa shape index (κ3) is 3.46. The topological polar surface area (TPSA) is 96.8 Å². The van der Waals surface area contributed by atoms with Gasteiger partial charge in [0, 0.05) is 18.5 Å². The lowest BCUT2D eigenvalue weighted by molar-refractivity contribution is 0.0681. The number of piperidine rings is 1. The average molecular weight is 416 g/mol. The number of nitrogens with one attached hydrogen (secondary N) is 1. The van der Waals surface area contributed by atoms with Crippen LogP contribution in [0.4, 0.5) is 8.78 Å². The lowest BCUT2D eigenvalue weighted by Crippen LogP contribution is -2.40. The molecule has 0 aliphatic carbocycles.